The lowest BCUT2D eigenvalue weighted by atomic mass is 10.1. The van der Waals surface area contributed by atoms with Crippen LogP contribution in [0.1, 0.15) is 18.1 Å². The molecule has 7 nitrogen and oxygen atoms in total. The topological polar surface area (TPSA) is 84.9 Å². The standard InChI is InChI=1S/C21H26N2O5S/c1-15-5-4-6-20(16(15)2)28-17(3)21(24)22-18-7-9-19(10-8-18)29(25,26)23-11-13-27-14-12-23/h4-10,17H,11-14H2,1-3H3,(H,22,24)/t17-/m0/s1. The number of anilines is 1. The van der Waals surface area contributed by atoms with Crippen molar-refractivity contribution in [3.63, 3.8) is 0 Å². The molecule has 0 unspecified atom stereocenters. The summed E-state index contributed by atoms with van der Waals surface area (Å²) in [4.78, 5) is 12.7. The van der Waals surface area contributed by atoms with E-state index in [1.807, 2.05) is 32.0 Å². The second-order valence-electron chi connectivity index (χ2n) is 6.99. The summed E-state index contributed by atoms with van der Waals surface area (Å²) in [6.07, 6.45) is -0.702. The Morgan fingerprint density at radius 1 is 1.10 bits per heavy atom. The number of aryl methyl sites for hydroxylation is 1. The molecule has 1 fully saturated rings. The summed E-state index contributed by atoms with van der Waals surface area (Å²) in [6.45, 7) is 7.08. The lowest BCUT2D eigenvalue weighted by Crippen LogP contribution is -2.40. The summed E-state index contributed by atoms with van der Waals surface area (Å²) < 4.78 is 37.7. The van der Waals surface area contributed by atoms with Crippen LogP contribution in [0.2, 0.25) is 0 Å². The minimum Gasteiger partial charge on any atom is -0.481 e. The van der Waals surface area contributed by atoms with Gasteiger partial charge in [-0.3, -0.25) is 4.79 Å². The van der Waals surface area contributed by atoms with Crippen LogP contribution < -0.4 is 10.1 Å². The molecule has 0 aromatic heterocycles. The number of carbonyl (C=O) groups is 1. The Bertz CT molecular complexity index is 967. The second-order valence-corrected chi connectivity index (χ2v) is 8.93. The monoisotopic (exact) mass is 418 g/mol. The predicted octanol–water partition coefficient (Wildman–Crippen LogP) is 2.73. The van der Waals surface area contributed by atoms with Crippen LogP contribution in [0.3, 0.4) is 0 Å². The van der Waals surface area contributed by atoms with Crippen LogP contribution in [0.25, 0.3) is 0 Å². The first kappa shape index (κ1) is 21.3. The zero-order valence-electron chi connectivity index (χ0n) is 16.8. The smallest absolute Gasteiger partial charge is 0.265 e. The molecule has 0 spiro atoms. The molecule has 2 aromatic carbocycles. The van der Waals surface area contributed by atoms with E-state index in [4.69, 9.17) is 9.47 Å². The number of morpholine rings is 1. The van der Waals surface area contributed by atoms with Crippen molar-refractivity contribution in [1.29, 1.82) is 0 Å². The first-order valence-corrected chi connectivity index (χ1v) is 10.9. The number of hydrogen-bond acceptors (Lipinski definition) is 5. The van der Waals surface area contributed by atoms with Gasteiger partial charge in [-0.1, -0.05) is 12.1 Å². The molecule has 2 aromatic rings. The van der Waals surface area contributed by atoms with Crippen molar-refractivity contribution in [2.24, 2.45) is 0 Å². The van der Waals surface area contributed by atoms with Crippen molar-refractivity contribution in [3.05, 3.63) is 53.6 Å². The van der Waals surface area contributed by atoms with Crippen molar-refractivity contribution in [2.75, 3.05) is 31.6 Å². The zero-order valence-corrected chi connectivity index (χ0v) is 17.7. The summed E-state index contributed by atoms with van der Waals surface area (Å²) in [7, 11) is -3.56. The quantitative estimate of drug-likeness (QED) is 0.780. The Hall–Kier alpha value is -2.42. The van der Waals surface area contributed by atoms with Crippen LogP contribution in [0.15, 0.2) is 47.4 Å². The third-order valence-corrected chi connectivity index (χ3v) is 6.87. The van der Waals surface area contributed by atoms with Crippen LogP contribution >= 0.6 is 0 Å². The molecule has 8 heteroatoms. The van der Waals surface area contributed by atoms with Crippen LogP contribution in [0, 0.1) is 13.8 Å². The van der Waals surface area contributed by atoms with E-state index >= 15 is 0 Å². The Labute approximate surface area is 171 Å². The van der Waals surface area contributed by atoms with Crippen LogP contribution in [-0.4, -0.2) is 51.0 Å². The lowest BCUT2D eigenvalue weighted by molar-refractivity contribution is -0.122. The van der Waals surface area contributed by atoms with Gasteiger partial charge >= 0.3 is 0 Å². The highest BCUT2D eigenvalue weighted by atomic mass is 32.2. The number of nitrogens with zero attached hydrogens (tertiary/aromatic N) is 1. The number of rotatable bonds is 6. The highest BCUT2D eigenvalue weighted by molar-refractivity contribution is 7.89. The highest BCUT2D eigenvalue weighted by Crippen LogP contribution is 2.23. The molecule has 1 N–H and O–H groups in total. The maximum absolute atomic E-state index is 12.7. The number of amides is 1. The minimum absolute atomic E-state index is 0.192. The number of carbonyl (C=O) groups excluding carboxylic acids is 1. The number of sulfonamides is 1. The average molecular weight is 419 g/mol. The maximum atomic E-state index is 12.7. The third-order valence-electron chi connectivity index (χ3n) is 4.96. The molecule has 156 valence electrons. The third kappa shape index (κ3) is 4.95. The van der Waals surface area contributed by atoms with E-state index < -0.39 is 16.1 Å². The van der Waals surface area contributed by atoms with Crippen LogP contribution in [0.4, 0.5) is 5.69 Å². The summed E-state index contributed by atoms with van der Waals surface area (Å²) in [5.41, 5.74) is 2.59. The maximum Gasteiger partial charge on any atom is 0.265 e. The molecule has 0 saturated carbocycles. The molecule has 1 atom stereocenters. The predicted molar refractivity (Wildman–Crippen MR) is 111 cm³/mol. The van der Waals surface area contributed by atoms with Gasteiger partial charge in [0.05, 0.1) is 18.1 Å². The van der Waals surface area contributed by atoms with Crippen molar-refractivity contribution >= 4 is 21.6 Å². The van der Waals surface area contributed by atoms with E-state index in [9.17, 15) is 13.2 Å². The van der Waals surface area contributed by atoms with Gasteiger partial charge in [-0.2, -0.15) is 4.31 Å². The number of hydrogen-bond donors (Lipinski definition) is 1. The number of benzene rings is 2. The Morgan fingerprint density at radius 3 is 2.41 bits per heavy atom. The van der Waals surface area contributed by atoms with E-state index in [0.29, 0.717) is 37.7 Å². The van der Waals surface area contributed by atoms with E-state index in [2.05, 4.69) is 5.32 Å². The van der Waals surface area contributed by atoms with Gasteiger partial charge in [-0.25, -0.2) is 8.42 Å². The van der Waals surface area contributed by atoms with Gasteiger partial charge in [0.2, 0.25) is 10.0 Å². The van der Waals surface area contributed by atoms with Gasteiger partial charge in [0, 0.05) is 18.8 Å². The molecular formula is C21H26N2O5S. The first-order valence-electron chi connectivity index (χ1n) is 9.51. The van der Waals surface area contributed by atoms with E-state index in [1.54, 1.807) is 19.1 Å². The molecule has 1 heterocycles. The molecule has 29 heavy (non-hydrogen) atoms. The van der Waals surface area contributed by atoms with E-state index in [0.717, 1.165) is 11.1 Å². The fraction of sp³-hybridized carbons (Fsp3) is 0.381. The Morgan fingerprint density at radius 2 is 1.76 bits per heavy atom. The first-order chi connectivity index (χ1) is 13.8. The van der Waals surface area contributed by atoms with E-state index in [1.165, 1.54) is 16.4 Å². The molecule has 1 saturated heterocycles. The molecule has 0 radical (unpaired) electrons. The summed E-state index contributed by atoms with van der Waals surface area (Å²) in [5, 5.41) is 2.76. The molecule has 1 amide bonds. The molecular weight excluding hydrogens is 392 g/mol. The summed E-state index contributed by atoms with van der Waals surface area (Å²) in [6, 6.07) is 11.9. The molecule has 1 aliphatic heterocycles. The van der Waals surface area contributed by atoms with Gasteiger partial charge in [0.25, 0.3) is 5.91 Å². The van der Waals surface area contributed by atoms with Gasteiger partial charge in [0.1, 0.15) is 5.75 Å². The fourth-order valence-electron chi connectivity index (χ4n) is 2.99. The van der Waals surface area contributed by atoms with Gasteiger partial charge < -0.3 is 14.8 Å². The van der Waals surface area contributed by atoms with Crippen molar-refractivity contribution in [1.82, 2.24) is 4.31 Å². The van der Waals surface area contributed by atoms with Crippen LogP contribution in [-0.2, 0) is 19.6 Å². The minimum atomic E-state index is -3.56. The lowest BCUT2D eigenvalue weighted by Gasteiger charge is -2.26. The van der Waals surface area contributed by atoms with Crippen molar-refractivity contribution in [3.8, 4) is 5.75 Å². The van der Waals surface area contributed by atoms with E-state index in [-0.39, 0.29) is 10.8 Å². The highest BCUT2D eigenvalue weighted by Gasteiger charge is 2.26. The number of ether oxygens (including phenoxy) is 2. The molecule has 3 rings (SSSR count). The molecule has 0 bridgehead atoms. The van der Waals surface area contributed by atoms with Gasteiger partial charge in [-0.05, 0) is 62.2 Å². The van der Waals surface area contributed by atoms with Gasteiger partial charge in [0.15, 0.2) is 6.10 Å². The van der Waals surface area contributed by atoms with Gasteiger partial charge in [-0.15, -0.1) is 0 Å². The second kappa shape index (κ2) is 8.94. The Balaban J connectivity index is 1.64. The molecule has 0 aliphatic carbocycles. The summed E-state index contributed by atoms with van der Waals surface area (Å²) >= 11 is 0. The fourth-order valence-corrected chi connectivity index (χ4v) is 4.39. The molecule has 1 aliphatic rings. The average Bonchev–Trinajstić information content (AvgIpc) is 2.72. The zero-order chi connectivity index (χ0) is 21.0. The van der Waals surface area contributed by atoms with Crippen molar-refractivity contribution in [2.45, 2.75) is 31.8 Å². The SMILES string of the molecule is Cc1cccc(O[C@@H](C)C(=O)Nc2ccc(S(=O)(=O)N3CCOCC3)cc2)c1C. The number of nitrogens with one attached hydrogen (secondary N) is 1. The normalized spacial score (nSPS) is 16.2. The summed E-state index contributed by atoms with van der Waals surface area (Å²) in [5.74, 6) is 0.356. The van der Waals surface area contributed by atoms with Crippen molar-refractivity contribution < 1.29 is 22.7 Å². The van der Waals surface area contributed by atoms with Crippen LogP contribution in [0.5, 0.6) is 5.75 Å². The Kier molecular flexibility index (Phi) is 6.56. The largest absolute Gasteiger partial charge is 0.481 e.